The first-order chi connectivity index (χ1) is 8.09. The Morgan fingerprint density at radius 2 is 2.24 bits per heavy atom. The molecule has 2 rings (SSSR count). The third-order valence-corrected chi connectivity index (χ3v) is 2.88. The number of carbonyl (C=O) groups is 2. The van der Waals surface area contributed by atoms with Gasteiger partial charge in [0.15, 0.2) is 0 Å². The Bertz CT molecular complexity index is 471. The molecule has 90 valence electrons. The van der Waals surface area contributed by atoms with Crippen LogP contribution in [0.1, 0.15) is 25.0 Å². The summed E-state index contributed by atoms with van der Waals surface area (Å²) < 4.78 is 0. The molecule has 1 aliphatic rings. The average molecular weight is 233 g/mol. The lowest BCUT2D eigenvalue weighted by Gasteiger charge is -2.14. The fourth-order valence-corrected chi connectivity index (χ4v) is 2.05. The van der Waals surface area contributed by atoms with Gasteiger partial charge in [0.25, 0.3) is 0 Å². The van der Waals surface area contributed by atoms with Crippen LogP contribution in [0.4, 0.5) is 5.82 Å². The summed E-state index contributed by atoms with van der Waals surface area (Å²) in [7, 11) is 0. The second-order valence-electron chi connectivity index (χ2n) is 4.10. The highest BCUT2D eigenvalue weighted by Crippen LogP contribution is 2.28. The molecule has 1 N–H and O–H groups in total. The van der Waals surface area contributed by atoms with E-state index in [2.05, 4.69) is 10.3 Å². The van der Waals surface area contributed by atoms with Crippen molar-refractivity contribution >= 4 is 17.6 Å². The lowest BCUT2D eigenvalue weighted by atomic mass is 10.1. The quantitative estimate of drug-likeness (QED) is 0.814. The van der Waals surface area contributed by atoms with Gasteiger partial charge < -0.3 is 5.32 Å². The summed E-state index contributed by atoms with van der Waals surface area (Å²) in [6.45, 7) is 4.20. The van der Waals surface area contributed by atoms with Crippen LogP contribution in [0.3, 0.4) is 0 Å². The molecule has 0 radical (unpaired) electrons. The Balaban J connectivity index is 2.26. The Kier molecular flexibility index (Phi) is 3.08. The molecule has 1 aliphatic heterocycles. The molecule has 0 unspecified atom stereocenters. The van der Waals surface area contributed by atoms with Gasteiger partial charge in [-0.2, -0.15) is 0 Å². The monoisotopic (exact) mass is 233 g/mol. The van der Waals surface area contributed by atoms with Crippen LogP contribution < -0.4 is 10.2 Å². The molecule has 0 bridgehead atoms. The van der Waals surface area contributed by atoms with Gasteiger partial charge in [-0.25, -0.2) is 4.98 Å². The second-order valence-corrected chi connectivity index (χ2v) is 4.10. The number of fused-ring (bicyclic) bond motifs is 1. The van der Waals surface area contributed by atoms with Crippen molar-refractivity contribution in [2.45, 2.75) is 26.8 Å². The number of hydrogen-bond donors (Lipinski definition) is 1. The van der Waals surface area contributed by atoms with Gasteiger partial charge in [-0.3, -0.25) is 14.5 Å². The van der Waals surface area contributed by atoms with E-state index >= 15 is 0 Å². The molecule has 0 fully saturated rings. The van der Waals surface area contributed by atoms with Crippen LogP contribution in [-0.4, -0.2) is 23.3 Å². The first kappa shape index (κ1) is 11.6. The maximum absolute atomic E-state index is 11.4. The zero-order chi connectivity index (χ0) is 12.4. The summed E-state index contributed by atoms with van der Waals surface area (Å²) in [6.07, 6.45) is 2.48. The van der Waals surface area contributed by atoms with Gasteiger partial charge >= 0.3 is 0 Å². The van der Waals surface area contributed by atoms with Crippen molar-refractivity contribution in [2.75, 3.05) is 11.4 Å². The van der Waals surface area contributed by atoms with Gasteiger partial charge in [0.05, 0.1) is 0 Å². The highest BCUT2D eigenvalue weighted by molar-refractivity contribution is 5.92. The van der Waals surface area contributed by atoms with E-state index < -0.39 is 0 Å². The molecule has 17 heavy (non-hydrogen) atoms. The zero-order valence-corrected chi connectivity index (χ0v) is 9.99. The van der Waals surface area contributed by atoms with Gasteiger partial charge in [-0.15, -0.1) is 0 Å². The van der Waals surface area contributed by atoms with Gasteiger partial charge in [0, 0.05) is 38.7 Å². The van der Waals surface area contributed by atoms with Crippen LogP contribution in [0.2, 0.25) is 0 Å². The minimum atomic E-state index is -0.0583. The molecule has 0 aromatic carbocycles. The Morgan fingerprint density at radius 3 is 2.88 bits per heavy atom. The Labute approximate surface area is 99.8 Å². The van der Waals surface area contributed by atoms with Crippen molar-refractivity contribution in [1.29, 1.82) is 0 Å². The molecular weight excluding hydrogens is 218 g/mol. The number of aromatic nitrogens is 1. The van der Waals surface area contributed by atoms with E-state index in [4.69, 9.17) is 0 Å². The number of rotatable bonds is 2. The summed E-state index contributed by atoms with van der Waals surface area (Å²) in [5.74, 6) is 0.685. The largest absolute Gasteiger partial charge is 0.352 e. The number of nitrogens with zero attached hydrogens (tertiary/aromatic N) is 2. The van der Waals surface area contributed by atoms with E-state index in [1.807, 2.05) is 6.07 Å². The standard InChI is InChI=1S/C12H15N3O2/c1-8(16)14-7-10-3-5-13-12-11(10)4-6-15(12)9(2)17/h3,5H,4,6-7H2,1-2H3,(H,14,16). The number of nitrogens with one attached hydrogen (secondary N) is 1. The average Bonchev–Trinajstić information content (AvgIpc) is 2.70. The summed E-state index contributed by atoms with van der Waals surface area (Å²) in [6, 6.07) is 1.89. The van der Waals surface area contributed by atoms with Crippen molar-refractivity contribution < 1.29 is 9.59 Å². The van der Waals surface area contributed by atoms with Gasteiger partial charge in [0.1, 0.15) is 5.82 Å². The fourth-order valence-electron chi connectivity index (χ4n) is 2.05. The fraction of sp³-hybridized carbons (Fsp3) is 0.417. The van der Waals surface area contributed by atoms with Crippen LogP contribution >= 0.6 is 0 Å². The number of anilines is 1. The Hall–Kier alpha value is -1.91. The molecular formula is C12H15N3O2. The van der Waals surface area contributed by atoms with Crippen LogP contribution in [0.5, 0.6) is 0 Å². The van der Waals surface area contributed by atoms with Crippen molar-refractivity contribution in [3.05, 3.63) is 23.4 Å². The smallest absolute Gasteiger partial charge is 0.225 e. The van der Waals surface area contributed by atoms with E-state index in [1.165, 1.54) is 13.8 Å². The normalized spacial score (nSPS) is 13.4. The third kappa shape index (κ3) is 2.27. The maximum atomic E-state index is 11.4. The molecule has 0 saturated carbocycles. The van der Waals surface area contributed by atoms with Gasteiger partial charge in [-0.1, -0.05) is 0 Å². The molecule has 1 aromatic rings. The van der Waals surface area contributed by atoms with E-state index in [0.717, 1.165) is 23.4 Å². The van der Waals surface area contributed by atoms with E-state index in [1.54, 1.807) is 11.1 Å². The van der Waals surface area contributed by atoms with Crippen LogP contribution in [0, 0.1) is 0 Å². The lowest BCUT2D eigenvalue weighted by Crippen LogP contribution is -2.26. The lowest BCUT2D eigenvalue weighted by molar-refractivity contribution is -0.119. The molecule has 2 heterocycles. The van der Waals surface area contributed by atoms with Crippen molar-refractivity contribution in [1.82, 2.24) is 10.3 Å². The predicted molar refractivity (Wildman–Crippen MR) is 63.5 cm³/mol. The molecule has 0 spiro atoms. The predicted octanol–water partition coefficient (Wildman–Crippen LogP) is 0.627. The molecule has 0 aliphatic carbocycles. The summed E-state index contributed by atoms with van der Waals surface area (Å²) >= 11 is 0. The third-order valence-electron chi connectivity index (χ3n) is 2.88. The number of carbonyl (C=O) groups excluding carboxylic acids is 2. The topological polar surface area (TPSA) is 62.3 Å². The number of hydrogen-bond acceptors (Lipinski definition) is 3. The molecule has 2 amide bonds. The SMILES string of the molecule is CC(=O)NCc1ccnc2c1CCN2C(C)=O. The minimum Gasteiger partial charge on any atom is -0.352 e. The van der Waals surface area contributed by atoms with Gasteiger partial charge in [-0.05, 0) is 18.1 Å². The summed E-state index contributed by atoms with van der Waals surface area (Å²) in [4.78, 5) is 28.2. The van der Waals surface area contributed by atoms with E-state index in [-0.39, 0.29) is 11.8 Å². The van der Waals surface area contributed by atoms with Crippen molar-refractivity contribution in [2.24, 2.45) is 0 Å². The van der Waals surface area contributed by atoms with Crippen LogP contribution in [-0.2, 0) is 22.6 Å². The van der Waals surface area contributed by atoms with Crippen LogP contribution in [0.15, 0.2) is 12.3 Å². The summed E-state index contributed by atoms with van der Waals surface area (Å²) in [5.41, 5.74) is 2.10. The first-order valence-electron chi connectivity index (χ1n) is 5.59. The van der Waals surface area contributed by atoms with Crippen molar-refractivity contribution in [3.8, 4) is 0 Å². The molecule has 0 atom stereocenters. The van der Waals surface area contributed by atoms with Gasteiger partial charge in [0.2, 0.25) is 11.8 Å². The number of pyridine rings is 1. The highest BCUT2D eigenvalue weighted by atomic mass is 16.2. The highest BCUT2D eigenvalue weighted by Gasteiger charge is 2.25. The molecule has 0 saturated heterocycles. The van der Waals surface area contributed by atoms with E-state index in [9.17, 15) is 9.59 Å². The number of amides is 2. The minimum absolute atomic E-state index is 0.00734. The zero-order valence-electron chi connectivity index (χ0n) is 9.99. The van der Waals surface area contributed by atoms with E-state index in [0.29, 0.717) is 13.1 Å². The molecule has 5 nitrogen and oxygen atoms in total. The van der Waals surface area contributed by atoms with Crippen LogP contribution in [0.25, 0.3) is 0 Å². The molecule has 1 aromatic heterocycles. The second kappa shape index (κ2) is 4.53. The molecule has 5 heteroatoms. The van der Waals surface area contributed by atoms with Crippen molar-refractivity contribution in [3.63, 3.8) is 0 Å². The first-order valence-corrected chi connectivity index (χ1v) is 5.59. The maximum Gasteiger partial charge on any atom is 0.225 e. The Morgan fingerprint density at radius 1 is 1.47 bits per heavy atom. The summed E-state index contributed by atoms with van der Waals surface area (Å²) in [5, 5.41) is 2.77.